The molecule has 0 bridgehead atoms. The molecule has 2 N–H and O–H groups in total. The molecular formula is C16H13F4N3O3. The van der Waals surface area contributed by atoms with Crippen LogP contribution >= 0.6 is 0 Å². The van der Waals surface area contributed by atoms with Crippen LogP contribution in [0, 0.1) is 5.82 Å². The first-order valence-electron chi connectivity index (χ1n) is 7.12. The van der Waals surface area contributed by atoms with Crippen molar-refractivity contribution < 1.29 is 31.9 Å². The minimum absolute atomic E-state index is 0.357. The number of benzene rings is 1. The second-order valence-corrected chi connectivity index (χ2v) is 5.01. The number of esters is 1. The molecule has 0 unspecified atom stereocenters. The zero-order valence-electron chi connectivity index (χ0n) is 13.3. The number of aromatic nitrogens is 1. The van der Waals surface area contributed by atoms with Gasteiger partial charge >= 0.3 is 17.8 Å². The first kappa shape index (κ1) is 19.2. The van der Waals surface area contributed by atoms with Gasteiger partial charge in [0.15, 0.2) is 0 Å². The van der Waals surface area contributed by atoms with Gasteiger partial charge in [0.25, 0.3) is 5.91 Å². The first-order valence-corrected chi connectivity index (χ1v) is 7.12. The van der Waals surface area contributed by atoms with Gasteiger partial charge in [0.05, 0.1) is 12.7 Å². The molecule has 0 fully saturated rings. The lowest BCUT2D eigenvalue weighted by molar-refractivity contribution is -0.203. The fourth-order valence-electron chi connectivity index (χ4n) is 2.06. The fourth-order valence-corrected chi connectivity index (χ4v) is 2.06. The van der Waals surface area contributed by atoms with Crippen molar-refractivity contribution in [3.8, 4) is 0 Å². The van der Waals surface area contributed by atoms with Crippen molar-refractivity contribution in [2.24, 2.45) is 0 Å². The van der Waals surface area contributed by atoms with Crippen molar-refractivity contribution in [3.05, 3.63) is 60.0 Å². The van der Waals surface area contributed by atoms with Crippen LogP contribution in [-0.2, 0) is 9.53 Å². The molecule has 0 aliphatic heterocycles. The van der Waals surface area contributed by atoms with Crippen LogP contribution in [0.1, 0.15) is 10.4 Å². The molecule has 2 aromatic rings. The van der Waals surface area contributed by atoms with Crippen molar-refractivity contribution >= 4 is 17.7 Å². The molecule has 26 heavy (non-hydrogen) atoms. The molecular weight excluding hydrogens is 358 g/mol. The highest BCUT2D eigenvalue weighted by atomic mass is 19.4. The molecule has 0 aliphatic carbocycles. The number of hydrogen-bond acceptors (Lipinski definition) is 5. The number of ether oxygens (including phenoxy) is 1. The minimum atomic E-state index is -5.33. The van der Waals surface area contributed by atoms with E-state index in [2.05, 4.69) is 9.72 Å². The van der Waals surface area contributed by atoms with Gasteiger partial charge in [-0.25, -0.2) is 14.2 Å². The summed E-state index contributed by atoms with van der Waals surface area (Å²) in [6.07, 6.45) is -4.15. The van der Waals surface area contributed by atoms with Crippen molar-refractivity contribution in [1.29, 1.82) is 0 Å². The lowest BCUT2D eigenvalue weighted by atomic mass is 10.1. The maximum Gasteiger partial charge on any atom is 0.441 e. The van der Waals surface area contributed by atoms with E-state index in [-0.39, 0.29) is 5.82 Å². The summed E-state index contributed by atoms with van der Waals surface area (Å²) in [7, 11) is 0.720. The zero-order valence-corrected chi connectivity index (χ0v) is 13.3. The normalized spacial score (nSPS) is 13.4. The standard InChI is InChI=1S/C16H13F4N3O3/c1-26-14(25)15(16(18,19)20,22-12-8-4-5-9-21-12)23-13(24)10-6-2-3-7-11(10)17/h2-9H,1H3,(H,21,22)(H,23,24)/t15-/m1/s1. The van der Waals surface area contributed by atoms with E-state index in [1.165, 1.54) is 35.8 Å². The van der Waals surface area contributed by atoms with Crippen molar-refractivity contribution in [3.63, 3.8) is 0 Å². The highest BCUT2D eigenvalue weighted by Gasteiger charge is 2.63. The van der Waals surface area contributed by atoms with Crippen LogP contribution in [0.4, 0.5) is 23.4 Å². The number of hydrogen-bond donors (Lipinski definition) is 2. The largest absolute Gasteiger partial charge is 0.466 e. The molecule has 0 spiro atoms. The van der Waals surface area contributed by atoms with Gasteiger partial charge < -0.3 is 15.4 Å². The topological polar surface area (TPSA) is 80.3 Å². The van der Waals surface area contributed by atoms with E-state index in [0.29, 0.717) is 0 Å². The van der Waals surface area contributed by atoms with Crippen molar-refractivity contribution in [1.82, 2.24) is 10.3 Å². The van der Waals surface area contributed by atoms with Crippen LogP contribution in [0.15, 0.2) is 48.7 Å². The van der Waals surface area contributed by atoms with E-state index in [9.17, 15) is 27.2 Å². The van der Waals surface area contributed by atoms with Gasteiger partial charge in [-0.1, -0.05) is 18.2 Å². The number of nitrogens with zero attached hydrogens (tertiary/aromatic N) is 1. The Morgan fingerprint density at radius 2 is 1.73 bits per heavy atom. The molecule has 0 radical (unpaired) electrons. The Morgan fingerprint density at radius 3 is 2.27 bits per heavy atom. The fraction of sp³-hybridized carbons (Fsp3) is 0.188. The van der Waals surface area contributed by atoms with E-state index in [4.69, 9.17) is 0 Å². The Bertz CT molecular complexity index is 799. The smallest absolute Gasteiger partial charge is 0.441 e. The first-order chi connectivity index (χ1) is 12.2. The summed E-state index contributed by atoms with van der Waals surface area (Å²) in [6, 6.07) is 8.35. The molecule has 10 heteroatoms. The van der Waals surface area contributed by atoms with E-state index < -0.39 is 35.1 Å². The Balaban J connectivity index is 2.50. The van der Waals surface area contributed by atoms with Crippen LogP contribution in [0.5, 0.6) is 0 Å². The summed E-state index contributed by atoms with van der Waals surface area (Å²) >= 11 is 0. The van der Waals surface area contributed by atoms with Crippen LogP contribution in [-0.4, -0.2) is 35.8 Å². The number of amides is 1. The number of halogens is 4. The van der Waals surface area contributed by atoms with Gasteiger partial charge in [-0.15, -0.1) is 0 Å². The van der Waals surface area contributed by atoms with Crippen LogP contribution < -0.4 is 10.6 Å². The number of anilines is 1. The SMILES string of the molecule is COC(=O)[C@](NC(=O)c1ccccc1F)(Nc1ccccn1)C(F)(F)F. The summed E-state index contributed by atoms with van der Waals surface area (Å²) < 4.78 is 59.3. The minimum Gasteiger partial charge on any atom is -0.466 e. The Labute approximate surface area is 145 Å². The van der Waals surface area contributed by atoms with Gasteiger partial charge in [0, 0.05) is 6.20 Å². The van der Waals surface area contributed by atoms with Gasteiger partial charge in [-0.3, -0.25) is 4.79 Å². The molecule has 6 nitrogen and oxygen atoms in total. The van der Waals surface area contributed by atoms with Gasteiger partial charge in [0.2, 0.25) is 0 Å². The molecule has 1 atom stereocenters. The third-order valence-corrected chi connectivity index (χ3v) is 3.32. The van der Waals surface area contributed by atoms with E-state index >= 15 is 0 Å². The lowest BCUT2D eigenvalue weighted by Crippen LogP contribution is -2.69. The number of nitrogens with one attached hydrogen (secondary N) is 2. The third-order valence-electron chi connectivity index (χ3n) is 3.32. The maximum atomic E-state index is 13.8. The zero-order chi connectivity index (χ0) is 19.4. The summed E-state index contributed by atoms with van der Waals surface area (Å²) in [4.78, 5) is 27.9. The second-order valence-electron chi connectivity index (χ2n) is 5.01. The Kier molecular flexibility index (Phi) is 5.44. The second kappa shape index (κ2) is 7.38. The number of pyridine rings is 1. The van der Waals surface area contributed by atoms with Gasteiger partial charge in [-0.2, -0.15) is 13.2 Å². The maximum absolute atomic E-state index is 13.8. The van der Waals surface area contributed by atoms with E-state index in [1.54, 1.807) is 0 Å². The number of methoxy groups -OCH3 is 1. The average molecular weight is 371 g/mol. The van der Waals surface area contributed by atoms with Crippen LogP contribution in [0.2, 0.25) is 0 Å². The van der Waals surface area contributed by atoms with E-state index in [1.807, 2.05) is 5.32 Å². The third kappa shape index (κ3) is 3.73. The quantitative estimate of drug-likeness (QED) is 0.480. The van der Waals surface area contributed by atoms with Crippen LogP contribution in [0.25, 0.3) is 0 Å². The molecule has 0 saturated carbocycles. The molecule has 1 heterocycles. The van der Waals surface area contributed by atoms with Gasteiger partial charge in [-0.05, 0) is 24.3 Å². The molecule has 1 aromatic heterocycles. The Morgan fingerprint density at radius 1 is 1.08 bits per heavy atom. The monoisotopic (exact) mass is 371 g/mol. The predicted octanol–water partition coefficient (Wildman–Crippen LogP) is 2.49. The molecule has 1 aromatic carbocycles. The van der Waals surface area contributed by atoms with Crippen molar-refractivity contribution in [2.45, 2.75) is 11.8 Å². The molecule has 0 saturated heterocycles. The number of alkyl halides is 3. The number of carbonyl (C=O) groups is 2. The Hall–Kier alpha value is -3.17. The highest BCUT2D eigenvalue weighted by molar-refractivity contribution is 5.99. The predicted molar refractivity (Wildman–Crippen MR) is 82.5 cm³/mol. The highest BCUT2D eigenvalue weighted by Crippen LogP contribution is 2.33. The molecule has 1 amide bonds. The summed E-state index contributed by atoms with van der Waals surface area (Å²) in [5, 5.41) is 3.34. The summed E-state index contributed by atoms with van der Waals surface area (Å²) in [5.74, 6) is -4.72. The van der Waals surface area contributed by atoms with Crippen molar-refractivity contribution in [2.75, 3.05) is 12.4 Å². The summed E-state index contributed by atoms with van der Waals surface area (Å²) in [6.45, 7) is 0. The van der Waals surface area contributed by atoms with Crippen LogP contribution in [0.3, 0.4) is 0 Å². The van der Waals surface area contributed by atoms with Gasteiger partial charge in [0.1, 0.15) is 11.6 Å². The molecule has 138 valence electrons. The summed E-state index contributed by atoms with van der Waals surface area (Å²) in [5.41, 5.74) is -4.34. The average Bonchev–Trinajstić information content (AvgIpc) is 2.60. The number of rotatable bonds is 5. The lowest BCUT2D eigenvalue weighted by Gasteiger charge is -2.34. The molecule has 2 rings (SSSR count). The van der Waals surface area contributed by atoms with E-state index in [0.717, 1.165) is 25.3 Å². The molecule has 0 aliphatic rings. The number of carbonyl (C=O) groups excluding carboxylic acids is 2.